The zero-order chi connectivity index (χ0) is 15.9. The zero-order valence-electron chi connectivity index (χ0n) is 12.0. The number of carboxylic acid groups (broad SMARTS) is 1. The number of carbonyl (C=O) groups is 1. The van der Waals surface area contributed by atoms with E-state index < -0.39 is 22.3 Å². The van der Waals surface area contributed by atoms with E-state index in [2.05, 4.69) is 4.72 Å². The summed E-state index contributed by atoms with van der Waals surface area (Å²) in [4.78, 5) is 10.6. The van der Waals surface area contributed by atoms with Crippen molar-refractivity contribution in [2.24, 2.45) is 0 Å². The Bertz CT molecular complexity index is 547. The fourth-order valence-corrected chi connectivity index (χ4v) is 2.60. The second-order valence-electron chi connectivity index (χ2n) is 4.55. The highest BCUT2D eigenvalue weighted by Crippen LogP contribution is 2.06. The fraction of sp³-hybridized carbons (Fsp3) is 0.462. The average molecular weight is 316 g/mol. The lowest BCUT2D eigenvalue weighted by atomic mass is 10.2. The molecule has 8 heteroatoms. The van der Waals surface area contributed by atoms with E-state index in [9.17, 15) is 13.2 Å². The standard InChI is InChI=1S/C13H20N2O5S/c1-15(10-11-6-4-3-5-7-11)21(18,19)14-9-12(20-2)8-13(16)17/h3-7,12,14H,8-10H2,1-2H3,(H,16,17). The SMILES string of the molecule is COC(CNS(=O)(=O)N(C)Cc1ccccc1)CC(=O)O. The van der Waals surface area contributed by atoms with E-state index in [0.29, 0.717) is 0 Å². The molecule has 0 heterocycles. The lowest BCUT2D eigenvalue weighted by molar-refractivity contribution is -0.139. The van der Waals surface area contributed by atoms with Crippen LogP contribution in [0.5, 0.6) is 0 Å². The molecular formula is C13H20N2O5S. The Labute approximate surface area is 124 Å². The molecule has 1 rings (SSSR count). The molecule has 21 heavy (non-hydrogen) atoms. The molecule has 0 spiro atoms. The molecule has 2 N–H and O–H groups in total. The number of rotatable bonds is 9. The van der Waals surface area contributed by atoms with Gasteiger partial charge in [0, 0.05) is 27.2 Å². The molecular weight excluding hydrogens is 296 g/mol. The van der Waals surface area contributed by atoms with Gasteiger partial charge in [-0.1, -0.05) is 30.3 Å². The van der Waals surface area contributed by atoms with E-state index in [-0.39, 0.29) is 19.5 Å². The van der Waals surface area contributed by atoms with Gasteiger partial charge in [-0.25, -0.2) is 0 Å². The Morgan fingerprint density at radius 2 is 2.00 bits per heavy atom. The Morgan fingerprint density at radius 1 is 1.38 bits per heavy atom. The maximum Gasteiger partial charge on any atom is 0.306 e. The van der Waals surface area contributed by atoms with Crippen molar-refractivity contribution in [3.05, 3.63) is 35.9 Å². The first-order valence-corrected chi connectivity index (χ1v) is 7.78. The van der Waals surface area contributed by atoms with Crippen molar-refractivity contribution in [1.82, 2.24) is 9.03 Å². The number of hydrogen-bond acceptors (Lipinski definition) is 4. The van der Waals surface area contributed by atoms with E-state index in [1.54, 1.807) is 0 Å². The molecule has 1 atom stereocenters. The van der Waals surface area contributed by atoms with E-state index in [1.807, 2.05) is 30.3 Å². The van der Waals surface area contributed by atoms with Crippen LogP contribution in [0.3, 0.4) is 0 Å². The summed E-state index contributed by atoms with van der Waals surface area (Å²) in [5.41, 5.74) is 0.860. The monoisotopic (exact) mass is 316 g/mol. The van der Waals surface area contributed by atoms with Crippen LogP contribution >= 0.6 is 0 Å². The molecule has 0 saturated heterocycles. The minimum atomic E-state index is -3.69. The Morgan fingerprint density at radius 3 is 2.52 bits per heavy atom. The van der Waals surface area contributed by atoms with E-state index in [4.69, 9.17) is 9.84 Å². The first-order chi connectivity index (χ1) is 9.85. The molecule has 1 unspecified atom stereocenters. The maximum absolute atomic E-state index is 12.1. The molecule has 0 saturated carbocycles. The topological polar surface area (TPSA) is 95.9 Å². The highest BCUT2D eigenvalue weighted by atomic mass is 32.2. The van der Waals surface area contributed by atoms with Crippen LogP contribution in [0.25, 0.3) is 0 Å². The van der Waals surface area contributed by atoms with Crippen LogP contribution in [-0.4, -0.2) is 50.6 Å². The molecule has 0 aromatic heterocycles. The summed E-state index contributed by atoms with van der Waals surface area (Å²) in [6.07, 6.45) is -0.969. The predicted molar refractivity (Wildman–Crippen MR) is 77.9 cm³/mol. The first kappa shape index (κ1) is 17.6. The maximum atomic E-state index is 12.1. The second kappa shape index (κ2) is 8.08. The van der Waals surface area contributed by atoms with Gasteiger partial charge in [-0.05, 0) is 5.56 Å². The van der Waals surface area contributed by atoms with Gasteiger partial charge in [0.15, 0.2) is 0 Å². The van der Waals surface area contributed by atoms with Crippen LogP contribution in [0.1, 0.15) is 12.0 Å². The number of nitrogens with one attached hydrogen (secondary N) is 1. The van der Waals surface area contributed by atoms with Crippen LogP contribution < -0.4 is 4.72 Å². The van der Waals surface area contributed by atoms with Crippen molar-refractivity contribution in [3.8, 4) is 0 Å². The summed E-state index contributed by atoms with van der Waals surface area (Å²) in [7, 11) is -0.893. The minimum absolute atomic E-state index is 0.0930. The van der Waals surface area contributed by atoms with Gasteiger partial charge in [-0.2, -0.15) is 17.4 Å². The summed E-state index contributed by atoms with van der Waals surface area (Å²) in [6, 6.07) is 9.17. The molecule has 7 nitrogen and oxygen atoms in total. The van der Waals surface area contributed by atoms with Gasteiger partial charge in [-0.15, -0.1) is 0 Å². The third-order valence-electron chi connectivity index (χ3n) is 2.89. The van der Waals surface area contributed by atoms with Crippen LogP contribution in [0.15, 0.2) is 30.3 Å². The van der Waals surface area contributed by atoms with E-state index >= 15 is 0 Å². The molecule has 118 valence electrons. The Kier molecular flexibility index (Phi) is 6.76. The Hall–Kier alpha value is -1.48. The minimum Gasteiger partial charge on any atom is -0.481 e. The number of ether oxygens (including phenoxy) is 1. The summed E-state index contributed by atoms with van der Waals surface area (Å²) < 4.78 is 32.5. The molecule has 0 amide bonds. The molecule has 1 aromatic rings. The fourth-order valence-electron chi connectivity index (χ4n) is 1.67. The third-order valence-corrected chi connectivity index (χ3v) is 4.37. The normalized spacial score (nSPS) is 13.3. The molecule has 0 aliphatic rings. The predicted octanol–water partition coefficient (Wildman–Crippen LogP) is 0.443. The summed E-state index contributed by atoms with van der Waals surface area (Å²) in [5.74, 6) is -1.04. The van der Waals surface area contributed by atoms with Crippen molar-refractivity contribution in [2.45, 2.75) is 19.1 Å². The number of nitrogens with zero attached hydrogens (tertiary/aromatic N) is 1. The van der Waals surface area contributed by atoms with Gasteiger partial charge in [0.1, 0.15) is 0 Å². The van der Waals surface area contributed by atoms with Crippen molar-refractivity contribution in [1.29, 1.82) is 0 Å². The second-order valence-corrected chi connectivity index (χ2v) is 6.41. The first-order valence-electron chi connectivity index (χ1n) is 6.34. The van der Waals surface area contributed by atoms with Crippen molar-refractivity contribution < 1.29 is 23.1 Å². The van der Waals surface area contributed by atoms with Crippen LogP contribution in [0, 0.1) is 0 Å². The highest BCUT2D eigenvalue weighted by Gasteiger charge is 2.20. The summed E-state index contributed by atoms with van der Waals surface area (Å²) >= 11 is 0. The van der Waals surface area contributed by atoms with E-state index in [1.165, 1.54) is 14.2 Å². The van der Waals surface area contributed by atoms with Gasteiger partial charge in [0.05, 0.1) is 12.5 Å². The van der Waals surface area contributed by atoms with Crippen LogP contribution in [0.2, 0.25) is 0 Å². The number of benzene rings is 1. The largest absolute Gasteiger partial charge is 0.481 e. The molecule has 0 aliphatic carbocycles. The van der Waals surface area contributed by atoms with Crippen molar-refractivity contribution in [3.63, 3.8) is 0 Å². The molecule has 0 aliphatic heterocycles. The van der Waals surface area contributed by atoms with Crippen LogP contribution in [-0.2, 0) is 26.3 Å². The number of methoxy groups -OCH3 is 1. The van der Waals surface area contributed by atoms with Crippen molar-refractivity contribution in [2.75, 3.05) is 20.7 Å². The summed E-state index contributed by atoms with van der Waals surface area (Å²) in [6.45, 7) is 0.136. The van der Waals surface area contributed by atoms with Gasteiger partial charge in [0.25, 0.3) is 10.2 Å². The quantitative estimate of drug-likeness (QED) is 0.689. The third kappa shape index (κ3) is 6.21. The van der Waals surface area contributed by atoms with Crippen molar-refractivity contribution >= 4 is 16.2 Å². The summed E-state index contributed by atoms with van der Waals surface area (Å²) in [5, 5.41) is 8.68. The molecule has 0 radical (unpaired) electrons. The Balaban J connectivity index is 2.57. The number of hydrogen-bond donors (Lipinski definition) is 2. The average Bonchev–Trinajstić information content (AvgIpc) is 2.44. The molecule has 1 aromatic carbocycles. The lowest BCUT2D eigenvalue weighted by Crippen LogP contribution is -2.42. The van der Waals surface area contributed by atoms with Gasteiger partial charge < -0.3 is 9.84 Å². The number of carboxylic acids is 1. The van der Waals surface area contributed by atoms with Gasteiger partial charge >= 0.3 is 5.97 Å². The smallest absolute Gasteiger partial charge is 0.306 e. The lowest BCUT2D eigenvalue weighted by Gasteiger charge is -2.20. The van der Waals surface area contributed by atoms with Gasteiger partial charge in [-0.3, -0.25) is 4.79 Å². The van der Waals surface area contributed by atoms with E-state index in [0.717, 1.165) is 9.87 Å². The zero-order valence-corrected chi connectivity index (χ0v) is 12.8. The van der Waals surface area contributed by atoms with Crippen LogP contribution in [0.4, 0.5) is 0 Å². The molecule has 0 fully saturated rings. The van der Waals surface area contributed by atoms with Gasteiger partial charge in [0.2, 0.25) is 0 Å². The number of aliphatic carboxylic acids is 1. The molecule has 0 bridgehead atoms. The highest BCUT2D eigenvalue weighted by molar-refractivity contribution is 7.87.